The average molecular weight is 290 g/mol. The Hall–Kier alpha value is -1.31. The molecule has 0 aromatic heterocycles. The summed E-state index contributed by atoms with van der Waals surface area (Å²) in [6.07, 6.45) is 0. The molecule has 0 bridgehead atoms. The quantitative estimate of drug-likeness (QED) is 0.750. The van der Waals surface area contributed by atoms with Crippen LogP contribution in [0.3, 0.4) is 0 Å². The lowest BCUT2D eigenvalue weighted by molar-refractivity contribution is 0.274. The molecule has 0 saturated carbocycles. The van der Waals surface area contributed by atoms with Crippen LogP contribution in [0.4, 0.5) is 5.69 Å². The highest BCUT2D eigenvalue weighted by Crippen LogP contribution is 2.27. The van der Waals surface area contributed by atoms with Gasteiger partial charge in [0.25, 0.3) is 10.0 Å². The number of fused-ring (bicyclic) bond motifs is 1. The zero-order valence-corrected chi connectivity index (χ0v) is 11.1. The molecule has 2 rings (SSSR count). The van der Waals surface area contributed by atoms with E-state index in [-0.39, 0.29) is 17.5 Å². The molecule has 1 atom stereocenters. The predicted molar refractivity (Wildman–Crippen MR) is 69.4 cm³/mol. The Bertz CT molecular complexity index is 600. The van der Waals surface area contributed by atoms with Gasteiger partial charge < -0.3 is 10.4 Å². The monoisotopic (exact) mass is 289 g/mol. The molecule has 0 saturated heterocycles. The number of nitrogens with one attached hydrogen (secondary N) is 2. The minimum Gasteiger partial charge on any atom is -0.394 e. The summed E-state index contributed by atoms with van der Waals surface area (Å²) in [6.45, 7) is 1.49. The Labute approximate surface area is 110 Å². The van der Waals surface area contributed by atoms with Crippen molar-refractivity contribution in [2.75, 3.05) is 11.9 Å². The minimum atomic E-state index is -3.65. The number of aliphatic imine (C=N–C) groups is 1. The number of sulfonamides is 1. The fraction of sp³-hybridized carbons (Fsp3) is 0.300. The standard InChI is InChI=1S/C10H12ClN3O3S/c1-6(5-15)12-10-13-8-4-7(11)2-3-9(8)18(16,17)14-10/h2-4,6,15H,5H2,1H3,(H2,12,13,14)/t6-/m0/s1. The van der Waals surface area contributed by atoms with Gasteiger partial charge in [-0.2, -0.15) is 0 Å². The van der Waals surface area contributed by atoms with E-state index >= 15 is 0 Å². The summed E-state index contributed by atoms with van der Waals surface area (Å²) in [4.78, 5) is 4.11. The summed E-state index contributed by atoms with van der Waals surface area (Å²) in [7, 11) is -3.65. The molecule has 0 unspecified atom stereocenters. The van der Waals surface area contributed by atoms with Crippen LogP contribution < -0.4 is 10.0 Å². The highest BCUT2D eigenvalue weighted by molar-refractivity contribution is 7.90. The molecule has 98 valence electrons. The van der Waals surface area contributed by atoms with E-state index in [1.54, 1.807) is 6.92 Å². The highest BCUT2D eigenvalue weighted by atomic mass is 35.5. The molecular formula is C10H12ClN3O3S. The number of nitrogens with zero attached hydrogens (tertiary/aromatic N) is 1. The fourth-order valence-corrected chi connectivity index (χ4v) is 2.78. The molecule has 1 aliphatic rings. The maximum atomic E-state index is 11.9. The Morgan fingerprint density at radius 3 is 2.89 bits per heavy atom. The van der Waals surface area contributed by atoms with Crippen LogP contribution in [-0.4, -0.2) is 32.1 Å². The summed E-state index contributed by atoms with van der Waals surface area (Å²) < 4.78 is 26.1. The topological polar surface area (TPSA) is 90.8 Å². The number of hydrogen-bond acceptors (Lipinski definition) is 4. The minimum absolute atomic E-state index is 0.0753. The first-order valence-corrected chi connectivity index (χ1v) is 7.06. The molecule has 0 spiro atoms. The van der Waals surface area contributed by atoms with E-state index < -0.39 is 16.1 Å². The fourth-order valence-electron chi connectivity index (χ4n) is 1.49. The van der Waals surface area contributed by atoms with Gasteiger partial charge in [-0.15, -0.1) is 0 Å². The van der Waals surface area contributed by atoms with Crippen LogP contribution in [0.1, 0.15) is 6.92 Å². The third-order valence-electron chi connectivity index (χ3n) is 2.33. The highest BCUT2D eigenvalue weighted by Gasteiger charge is 2.26. The molecule has 6 nitrogen and oxygen atoms in total. The molecule has 1 heterocycles. The summed E-state index contributed by atoms with van der Waals surface area (Å²) in [5, 5.41) is 12.1. The molecule has 1 aliphatic heterocycles. The van der Waals surface area contributed by atoms with Crippen molar-refractivity contribution in [2.45, 2.75) is 17.9 Å². The molecule has 1 aromatic rings. The van der Waals surface area contributed by atoms with Crippen LogP contribution in [0.25, 0.3) is 0 Å². The lowest BCUT2D eigenvalue weighted by Gasteiger charge is -2.22. The van der Waals surface area contributed by atoms with Crippen LogP contribution in [0, 0.1) is 0 Å². The van der Waals surface area contributed by atoms with Crippen LogP contribution in [0.15, 0.2) is 28.1 Å². The van der Waals surface area contributed by atoms with Crippen molar-refractivity contribution in [3.63, 3.8) is 0 Å². The third kappa shape index (κ3) is 2.58. The number of benzene rings is 1. The van der Waals surface area contributed by atoms with Crippen molar-refractivity contribution >= 4 is 33.3 Å². The van der Waals surface area contributed by atoms with Gasteiger partial charge in [0.05, 0.1) is 18.3 Å². The Morgan fingerprint density at radius 1 is 1.50 bits per heavy atom. The molecule has 18 heavy (non-hydrogen) atoms. The largest absolute Gasteiger partial charge is 0.394 e. The lowest BCUT2D eigenvalue weighted by Crippen LogP contribution is -2.41. The van der Waals surface area contributed by atoms with Crippen molar-refractivity contribution in [2.24, 2.45) is 4.99 Å². The van der Waals surface area contributed by atoms with E-state index in [0.717, 1.165) is 0 Å². The lowest BCUT2D eigenvalue weighted by atomic mass is 10.3. The molecule has 3 N–H and O–H groups in total. The van der Waals surface area contributed by atoms with Crippen LogP contribution in [0.2, 0.25) is 5.02 Å². The van der Waals surface area contributed by atoms with Crippen molar-refractivity contribution in [3.05, 3.63) is 23.2 Å². The Kier molecular flexibility index (Phi) is 3.47. The van der Waals surface area contributed by atoms with Crippen LogP contribution >= 0.6 is 11.6 Å². The van der Waals surface area contributed by atoms with E-state index in [2.05, 4.69) is 15.0 Å². The number of aliphatic hydroxyl groups is 1. The normalized spacial score (nSPS) is 20.7. The molecule has 0 radical (unpaired) electrons. The van der Waals surface area contributed by atoms with E-state index in [4.69, 9.17) is 16.7 Å². The maximum Gasteiger partial charge on any atom is 0.266 e. The molecule has 1 aromatic carbocycles. The van der Waals surface area contributed by atoms with E-state index in [0.29, 0.717) is 10.7 Å². The third-order valence-corrected chi connectivity index (χ3v) is 3.96. The summed E-state index contributed by atoms with van der Waals surface area (Å²) in [5.74, 6) is 0.0753. The van der Waals surface area contributed by atoms with Crippen molar-refractivity contribution in [1.82, 2.24) is 4.72 Å². The Balaban J connectivity index is 2.46. The number of hydrogen-bond donors (Lipinski definition) is 3. The van der Waals surface area contributed by atoms with Crippen molar-refractivity contribution in [3.8, 4) is 0 Å². The van der Waals surface area contributed by atoms with Crippen LogP contribution in [0.5, 0.6) is 0 Å². The number of guanidine groups is 1. The summed E-state index contributed by atoms with van der Waals surface area (Å²) in [5.41, 5.74) is 0.366. The number of anilines is 1. The number of aliphatic hydroxyl groups excluding tert-OH is 1. The second-order valence-electron chi connectivity index (χ2n) is 3.88. The van der Waals surface area contributed by atoms with Gasteiger partial charge in [-0.3, -0.25) is 0 Å². The van der Waals surface area contributed by atoms with Gasteiger partial charge in [-0.25, -0.2) is 18.1 Å². The van der Waals surface area contributed by atoms with Crippen LogP contribution in [-0.2, 0) is 10.0 Å². The second-order valence-corrected chi connectivity index (χ2v) is 5.97. The average Bonchev–Trinajstić information content (AvgIpc) is 2.26. The van der Waals surface area contributed by atoms with Gasteiger partial charge in [0.2, 0.25) is 5.96 Å². The molecular weight excluding hydrogens is 278 g/mol. The molecule has 0 aliphatic carbocycles. The Morgan fingerprint density at radius 2 is 2.22 bits per heavy atom. The van der Waals surface area contributed by atoms with Crippen molar-refractivity contribution < 1.29 is 13.5 Å². The smallest absolute Gasteiger partial charge is 0.266 e. The summed E-state index contributed by atoms with van der Waals surface area (Å²) in [6, 6.07) is 4.02. The van der Waals surface area contributed by atoms with Gasteiger partial charge in [-0.1, -0.05) is 11.6 Å². The van der Waals surface area contributed by atoms with Gasteiger partial charge in [0, 0.05) is 5.02 Å². The first-order valence-electron chi connectivity index (χ1n) is 5.20. The van der Waals surface area contributed by atoms with Gasteiger partial charge in [0.15, 0.2) is 0 Å². The SMILES string of the molecule is C[C@@H](CO)N=C1Nc2cc(Cl)ccc2S(=O)(=O)N1. The molecule has 0 amide bonds. The van der Waals surface area contributed by atoms with E-state index in [1.165, 1.54) is 18.2 Å². The first kappa shape index (κ1) is 13.1. The molecule has 0 fully saturated rings. The number of rotatable bonds is 2. The molecule has 8 heteroatoms. The van der Waals surface area contributed by atoms with Crippen molar-refractivity contribution in [1.29, 1.82) is 0 Å². The van der Waals surface area contributed by atoms with Gasteiger partial charge in [-0.05, 0) is 25.1 Å². The predicted octanol–water partition coefficient (Wildman–Crippen LogP) is 0.781. The number of halogens is 1. The zero-order valence-electron chi connectivity index (χ0n) is 9.51. The van der Waals surface area contributed by atoms with E-state index in [1.807, 2.05) is 0 Å². The summed E-state index contributed by atoms with van der Waals surface area (Å²) >= 11 is 5.82. The second kappa shape index (κ2) is 4.75. The van der Waals surface area contributed by atoms with Gasteiger partial charge in [0.1, 0.15) is 4.90 Å². The van der Waals surface area contributed by atoms with E-state index in [9.17, 15) is 8.42 Å². The van der Waals surface area contributed by atoms with Gasteiger partial charge >= 0.3 is 0 Å². The zero-order chi connectivity index (χ0) is 13.3. The maximum absolute atomic E-state index is 11.9. The first-order chi connectivity index (χ1) is 8.42.